The Morgan fingerprint density at radius 1 is 1.50 bits per heavy atom. The number of ether oxygens (including phenoxy) is 1. The number of nitrogens with one attached hydrogen (secondary N) is 1. The highest BCUT2D eigenvalue weighted by atomic mass is 35.5. The minimum Gasteiger partial charge on any atom is -0.360 e. The van der Waals surface area contributed by atoms with Crippen LogP contribution in [0.25, 0.3) is 0 Å². The van der Waals surface area contributed by atoms with Crippen LogP contribution in [0.15, 0.2) is 0 Å². The average Bonchev–Trinajstić information content (AvgIpc) is 2.49. The molecule has 6 heteroatoms. The van der Waals surface area contributed by atoms with Crippen molar-refractivity contribution in [2.45, 2.75) is 31.9 Å². The molecule has 2 atom stereocenters. The van der Waals surface area contributed by atoms with Crippen molar-refractivity contribution in [2.24, 2.45) is 5.92 Å². The first kappa shape index (κ1) is 14.2. The lowest BCUT2D eigenvalue weighted by molar-refractivity contribution is -0.0124. The topological polar surface area (TPSA) is 55.4 Å². The minimum atomic E-state index is -2.78. The molecule has 2 aliphatic heterocycles. The zero-order valence-electron chi connectivity index (χ0n) is 9.57. The lowest BCUT2D eigenvalue weighted by atomic mass is 9.95. The maximum absolute atomic E-state index is 11.5. The molecule has 96 valence electrons. The Morgan fingerprint density at radius 3 is 2.81 bits per heavy atom. The smallest absolute Gasteiger partial charge is 0.150 e. The first-order chi connectivity index (χ1) is 6.99. The predicted molar refractivity (Wildman–Crippen MR) is 65.6 cm³/mol. The molecule has 0 bridgehead atoms. The first-order valence-electron chi connectivity index (χ1n) is 5.59. The molecule has 0 aromatic carbocycles. The highest BCUT2D eigenvalue weighted by Crippen LogP contribution is 2.28. The van der Waals surface area contributed by atoms with Crippen molar-refractivity contribution >= 4 is 22.2 Å². The van der Waals surface area contributed by atoms with Crippen LogP contribution in [0.4, 0.5) is 0 Å². The van der Waals surface area contributed by atoms with E-state index < -0.39 is 9.84 Å². The Labute approximate surface area is 103 Å². The summed E-state index contributed by atoms with van der Waals surface area (Å²) in [5.41, 5.74) is -0.294. The Kier molecular flexibility index (Phi) is 4.63. The van der Waals surface area contributed by atoms with Gasteiger partial charge >= 0.3 is 0 Å². The molecule has 2 aliphatic rings. The maximum Gasteiger partial charge on any atom is 0.150 e. The second-order valence-corrected chi connectivity index (χ2v) is 7.06. The standard InChI is InChI=1S/C10H19NO3S.ClH/c1-10(11-4-5-14-10)7-9-3-2-6-15(12,13)8-9;/h9,11H,2-8H2,1H3;1H. The summed E-state index contributed by atoms with van der Waals surface area (Å²) in [7, 11) is -2.78. The van der Waals surface area contributed by atoms with Crippen LogP contribution in [-0.4, -0.2) is 38.8 Å². The van der Waals surface area contributed by atoms with Crippen molar-refractivity contribution in [1.82, 2.24) is 5.32 Å². The number of hydrogen-bond donors (Lipinski definition) is 1. The van der Waals surface area contributed by atoms with E-state index in [-0.39, 0.29) is 24.0 Å². The lowest BCUT2D eigenvalue weighted by Gasteiger charge is -2.30. The molecule has 0 aromatic heterocycles. The van der Waals surface area contributed by atoms with E-state index in [1.54, 1.807) is 0 Å². The summed E-state index contributed by atoms with van der Waals surface area (Å²) in [6.45, 7) is 3.62. The summed E-state index contributed by atoms with van der Waals surface area (Å²) in [5.74, 6) is 0.974. The largest absolute Gasteiger partial charge is 0.360 e. The van der Waals surface area contributed by atoms with Gasteiger partial charge in [-0.3, -0.25) is 5.32 Å². The third kappa shape index (κ3) is 3.58. The van der Waals surface area contributed by atoms with Gasteiger partial charge in [0.1, 0.15) is 5.72 Å². The molecule has 2 saturated heterocycles. The Hall–Kier alpha value is 0.160. The van der Waals surface area contributed by atoms with Gasteiger partial charge in [0.2, 0.25) is 0 Å². The van der Waals surface area contributed by atoms with E-state index in [2.05, 4.69) is 5.32 Å². The highest BCUT2D eigenvalue weighted by molar-refractivity contribution is 7.91. The van der Waals surface area contributed by atoms with Crippen molar-refractivity contribution < 1.29 is 13.2 Å². The summed E-state index contributed by atoms with van der Waals surface area (Å²) in [5, 5.41) is 3.29. The third-order valence-electron chi connectivity index (χ3n) is 3.26. The molecule has 2 unspecified atom stereocenters. The molecule has 0 aromatic rings. The molecule has 2 heterocycles. The van der Waals surface area contributed by atoms with Gasteiger partial charge in [-0.25, -0.2) is 8.42 Å². The van der Waals surface area contributed by atoms with Crippen molar-refractivity contribution in [3.05, 3.63) is 0 Å². The second kappa shape index (κ2) is 5.21. The fraction of sp³-hybridized carbons (Fsp3) is 1.00. The van der Waals surface area contributed by atoms with E-state index >= 15 is 0 Å². The average molecular weight is 270 g/mol. The lowest BCUT2D eigenvalue weighted by Crippen LogP contribution is -2.41. The summed E-state index contributed by atoms with van der Waals surface area (Å²) in [4.78, 5) is 0. The fourth-order valence-electron chi connectivity index (χ4n) is 2.60. The van der Waals surface area contributed by atoms with E-state index in [9.17, 15) is 8.42 Å². The molecule has 16 heavy (non-hydrogen) atoms. The van der Waals surface area contributed by atoms with Crippen LogP contribution in [0.1, 0.15) is 26.2 Å². The molecule has 0 aliphatic carbocycles. The molecule has 0 saturated carbocycles. The second-order valence-electron chi connectivity index (χ2n) is 4.83. The normalized spacial score (nSPS) is 37.9. The van der Waals surface area contributed by atoms with Crippen LogP contribution in [0.5, 0.6) is 0 Å². The summed E-state index contributed by atoms with van der Waals surface area (Å²) in [6, 6.07) is 0. The summed E-state index contributed by atoms with van der Waals surface area (Å²) >= 11 is 0. The number of hydrogen-bond acceptors (Lipinski definition) is 4. The van der Waals surface area contributed by atoms with Gasteiger partial charge in [0.05, 0.1) is 18.1 Å². The molecule has 4 nitrogen and oxygen atoms in total. The molecular formula is C10H20ClNO3S. The summed E-state index contributed by atoms with van der Waals surface area (Å²) in [6.07, 6.45) is 2.63. The minimum absolute atomic E-state index is 0. The number of rotatable bonds is 2. The fourth-order valence-corrected chi connectivity index (χ4v) is 4.38. The van der Waals surface area contributed by atoms with Crippen LogP contribution >= 0.6 is 12.4 Å². The van der Waals surface area contributed by atoms with Crippen LogP contribution < -0.4 is 5.32 Å². The van der Waals surface area contributed by atoms with E-state index in [0.717, 1.165) is 32.4 Å². The van der Waals surface area contributed by atoms with Gasteiger partial charge in [-0.2, -0.15) is 0 Å². The zero-order valence-corrected chi connectivity index (χ0v) is 11.2. The van der Waals surface area contributed by atoms with Crippen molar-refractivity contribution in [3.8, 4) is 0 Å². The van der Waals surface area contributed by atoms with Crippen molar-refractivity contribution in [2.75, 3.05) is 24.7 Å². The maximum atomic E-state index is 11.5. The van der Waals surface area contributed by atoms with Crippen LogP contribution in [0, 0.1) is 5.92 Å². The van der Waals surface area contributed by atoms with Gasteiger partial charge < -0.3 is 4.74 Å². The number of halogens is 1. The van der Waals surface area contributed by atoms with Gasteiger partial charge in [-0.1, -0.05) is 0 Å². The Bertz CT molecular complexity index is 325. The first-order valence-corrected chi connectivity index (χ1v) is 7.41. The van der Waals surface area contributed by atoms with Crippen LogP contribution in [0.3, 0.4) is 0 Å². The van der Waals surface area contributed by atoms with Gasteiger partial charge in [-0.05, 0) is 32.1 Å². The van der Waals surface area contributed by atoms with E-state index in [1.165, 1.54) is 0 Å². The molecule has 2 rings (SSSR count). The van der Waals surface area contributed by atoms with Gasteiger partial charge in [-0.15, -0.1) is 12.4 Å². The van der Waals surface area contributed by atoms with Crippen LogP contribution in [-0.2, 0) is 14.6 Å². The SMILES string of the molecule is CC1(CC2CCCS(=O)(=O)C2)NCCO1.Cl. The predicted octanol–water partition coefficient (Wildman–Crippen LogP) is 0.959. The molecule has 0 spiro atoms. The zero-order chi connectivity index (χ0) is 10.9. The van der Waals surface area contributed by atoms with Gasteiger partial charge in [0.15, 0.2) is 9.84 Å². The monoisotopic (exact) mass is 269 g/mol. The number of sulfone groups is 1. The Morgan fingerprint density at radius 2 is 2.25 bits per heavy atom. The Balaban J connectivity index is 0.00000128. The van der Waals surface area contributed by atoms with E-state index in [0.29, 0.717) is 11.5 Å². The molecule has 1 N–H and O–H groups in total. The van der Waals surface area contributed by atoms with Crippen LogP contribution in [0.2, 0.25) is 0 Å². The van der Waals surface area contributed by atoms with Gasteiger partial charge in [0, 0.05) is 6.54 Å². The highest BCUT2D eigenvalue weighted by Gasteiger charge is 2.35. The molecule has 0 amide bonds. The summed E-state index contributed by atoms with van der Waals surface area (Å²) < 4.78 is 28.6. The van der Waals surface area contributed by atoms with Crippen molar-refractivity contribution in [3.63, 3.8) is 0 Å². The van der Waals surface area contributed by atoms with E-state index in [1.807, 2.05) is 6.92 Å². The van der Waals surface area contributed by atoms with Gasteiger partial charge in [0.25, 0.3) is 0 Å². The van der Waals surface area contributed by atoms with E-state index in [4.69, 9.17) is 4.74 Å². The molecule has 0 radical (unpaired) electrons. The molecular weight excluding hydrogens is 250 g/mol. The van der Waals surface area contributed by atoms with Crippen molar-refractivity contribution in [1.29, 1.82) is 0 Å². The molecule has 2 fully saturated rings. The quantitative estimate of drug-likeness (QED) is 0.811. The third-order valence-corrected chi connectivity index (χ3v) is 5.15.